The molecule has 23 heavy (non-hydrogen) atoms. The largest absolute Gasteiger partial charge is 0.497 e. The summed E-state index contributed by atoms with van der Waals surface area (Å²) in [4.78, 5) is 11.7. The molecule has 0 N–H and O–H groups in total. The summed E-state index contributed by atoms with van der Waals surface area (Å²) >= 11 is 0. The van der Waals surface area contributed by atoms with Gasteiger partial charge in [0.1, 0.15) is 11.3 Å². The third-order valence-electron chi connectivity index (χ3n) is 3.45. The van der Waals surface area contributed by atoms with Crippen molar-refractivity contribution in [3.05, 3.63) is 64.5 Å². The number of ether oxygens (including phenoxy) is 1. The van der Waals surface area contributed by atoms with Gasteiger partial charge < -0.3 is 9.15 Å². The van der Waals surface area contributed by atoms with Crippen molar-refractivity contribution in [1.82, 2.24) is 0 Å². The molecule has 0 aliphatic heterocycles. The summed E-state index contributed by atoms with van der Waals surface area (Å²) in [6, 6.07) is 10.8. The minimum atomic E-state index is -4.45. The molecule has 6 heteroatoms. The number of alkyl halides is 3. The maximum Gasteiger partial charge on any atom is 0.416 e. The van der Waals surface area contributed by atoms with E-state index in [0.717, 1.165) is 12.1 Å². The smallest absolute Gasteiger partial charge is 0.416 e. The van der Waals surface area contributed by atoms with Gasteiger partial charge in [0, 0.05) is 17.5 Å². The fourth-order valence-corrected chi connectivity index (χ4v) is 2.37. The first kappa shape index (κ1) is 15.1. The van der Waals surface area contributed by atoms with Crippen molar-refractivity contribution < 1.29 is 22.3 Å². The zero-order valence-corrected chi connectivity index (χ0v) is 12.0. The van der Waals surface area contributed by atoms with Gasteiger partial charge in [-0.15, -0.1) is 0 Å². The van der Waals surface area contributed by atoms with E-state index in [1.165, 1.54) is 31.4 Å². The third kappa shape index (κ3) is 2.92. The van der Waals surface area contributed by atoms with E-state index in [0.29, 0.717) is 22.3 Å². The van der Waals surface area contributed by atoms with Gasteiger partial charge in [0.2, 0.25) is 0 Å². The fraction of sp³-hybridized carbons (Fsp3) is 0.118. The molecular formula is C17H11F3O3. The lowest BCUT2D eigenvalue weighted by Gasteiger charge is -2.10. The lowest BCUT2D eigenvalue weighted by Crippen LogP contribution is -2.05. The minimum Gasteiger partial charge on any atom is -0.497 e. The van der Waals surface area contributed by atoms with Gasteiger partial charge in [-0.1, -0.05) is 12.1 Å². The van der Waals surface area contributed by atoms with E-state index in [4.69, 9.17) is 9.15 Å². The first-order chi connectivity index (χ1) is 10.9. The van der Waals surface area contributed by atoms with Crippen LogP contribution in [-0.2, 0) is 6.18 Å². The molecule has 118 valence electrons. The molecule has 0 aliphatic carbocycles. The van der Waals surface area contributed by atoms with E-state index in [-0.39, 0.29) is 5.58 Å². The summed E-state index contributed by atoms with van der Waals surface area (Å²) in [7, 11) is 1.47. The summed E-state index contributed by atoms with van der Waals surface area (Å²) in [5, 5.41) is 0.532. The summed E-state index contributed by atoms with van der Waals surface area (Å²) in [5.41, 5.74) is -0.486. The molecule has 0 radical (unpaired) electrons. The Labute approximate surface area is 128 Å². The lowest BCUT2D eigenvalue weighted by molar-refractivity contribution is -0.137. The second-order valence-corrected chi connectivity index (χ2v) is 4.92. The van der Waals surface area contributed by atoms with E-state index in [1.807, 2.05) is 0 Å². The minimum absolute atomic E-state index is 0.254. The van der Waals surface area contributed by atoms with Crippen LogP contribution in [0, 0.1) is 0 Å². The van der Waals surface area contributed by atoms with Gasteiger partial charge >= 0.3 is 11.8 Å². The Morgan fingerprint density at radius 1 is 1.04 bits per heavy atom. The standard InChI is InChI=1S/C17H11F3O3/c1-22-12-5-6-13-14(9-16(21)23-15(13)8-12)10-3-2-4-11(7-10)17(18,19)20/h2-9H,1H3. The van der Waals surface area contributed by atoms with E-state index in [9.17, 15) is 18.0 Å². The molecule has 0 bridgehead atoms. The molecule has 3 rings (SSSR count). The second-order valence-electron chi connectivity index (χ2n) is 4.92. The predicted octanol–water partition coefficient (Wildman–Crippen LogP) is 4.49. The number of hydrogen-bond donors (Lipinski definition) is 0. The van der Waals surface area contributed by atoms with Crippen LogP contribution in [0.2, 0.25) is 0 Å². The summed E-state index contributed by atoms with van der Waals surface area (Å²) in [5.74, 6) is 0.488. The number of hydrogen-bond acceptors (Lipinski definition) is 3. The maximum atomic E-state index is 12.9. The number of fused-ring (bicyclic) bond motifs is 1. The molecule has 3 aromatic rings. The predicted molar refractivity (Wildman–Crippen MR) is 79.5 cm³/mol. The lowest BCUT2D eigenvalue weighted by atomic mass is 10.00. The maximum absolute atomic E-state index is 12.9. The Morgan fingerprint density at radius 2 is 1.83 bits per heavy atom. The van der Waals surface area contributed by atoms with Gasteiger partial charge in [0.25, 0.3) is 0 Å². The van der Waals surface area contributed by atoms with Crippen molar-refractivity contribution in [2.45, 2.75) is 6.18 Å². The summed E-state index contributed by atoms with van der Waals surface area (Å²) < 4.78 is 48.8. The van der Waals surface area contributed by atoms with Crippen LogP contribution < -0.4 is 10.4 Å². The van der Waals surface area contributed by atoms with Gasteiger partial charge in [0.15, 0.2) is 0 Å². The van der Waals surface area contributed by atoms with Crippen LogP contribution in [0.5, 0.6) is 5.75 Å². The zero-order chi connectivity index (χ0) is 16.6. The molecule has 0 aliphatic rings. The Hall–Kier alpha value is -2.76. The van der Waals surface area contributed by atoms with E-state index in [2.05, 4.69) is 0 Å². The highest BCUT2D eigenvalue weighted by atomic mass is 19.4. The molecule has 0 unspecified atom stereocenters. The summed E-state index contributed by atoms with van der Waals surface area (Å²) in [6.45, 7) is 0. The van der Waals surface area contributed by atoms with Gasteiger partial charge in [-0.2, -0.15) is 13.2 Å². The monoisotopic (exact) mass is 320 g/mol. The Morgan fingerprint density at radius 3 is 2.52 bits per heavy atom. The Balaban J connectivity index is 2.26. The molecule has 0 fully saturated rings. The number of methoxy groups -OCH3 is 1. The molecule has 1 aromatic heterocycles. The highest BCUT2D eigenvalue weighted by molar-refractivity contribution is 5.93. The number of benzene rings is 2. The average molecular weight is 320 g/mol. The van der Waals surface area contributed by atoms with Crippen LogP contribution in [-0.4, -0.2) is 7.11 Å². The van der Waals surface area contributed by atoms with Crippen LogP contribution in [0.1, 0.15) is 5.56 Å². The van der Waals surface area contributed by atoms with Crippen molar-refractivity contribution in [1.29, 1.82) is 0 Å². The van der Waals surface area contributed by atoms with Crippen LogP contribution in [0.25, 0.3) is 22.1 Å². The molecule has 3 nitrogen and oxygen atoms in total. The van der Waals surface area contributed by atoms with Crippen molar-refractivity contribution in [2.75, 3.05) is 7.11 Å². The normalized spacial score (nSPS) is 11.7. The molecule has 0 atom stereocenters. The van der Waals surface area contributed by atoms with Gasteiger partial charge in [-0.25, -0.2) is 4.79 Å². The molecular weight excluding hydrogens is 309 g/mol. The molecule has 1 heterocycles. The quantitative estimate of drug-likeness (QED) is 0.653. The van der Waals surface area contributed by atoms with Gasteiger partial charge in [-0.05, 0) is 35.4 Å². The second kappa shape index (κ2) is 5.46. The van der Waals surface area contributed by atoms with Crippen LogP contribution in [0.4, 0.5) is 13.2 Å². The van der Waals surface area contributed by atoms with E-state index in [1.54, 1.807) is 12.1 Å². The van der Waals surface area contributed by atoms with Gasteiger partial charge in [-0.3, -0.25) is 0 Å². The zero-order valence-electron chi connectivity index (χ0n) is 12.0. The van der Waals surface area contributed by atoms with Crippen molar-refractivity contribution in [3.63, 3.8) is 0 Å². The number of halogens is 3. The number of rotatable bonds is 2. The van der Waals surface area contributed by atoms with E-state index < -0.39 is 17.4 Å². The third-order valence-corrected chi connectivity index (χ3v) is 3.45. The van der Waals surface area contributed by atoms with Crippen LogP contribution in [0.3, 0.4) is 0 Å². The SMILES string of the molecule is COc1ccc2c(-c3cccc(C(F)(F)F)c3)cc(=O)oc2c1. The Bertz CT molecular complexity index is 926. The molecule has 0 saturated carbocycles. The Kier molecular flexibility index (Phi) is 3.60. The molecule has 0 saturated heterocycles. The van der Waals surface area contributed by atoms with Gasteiger partial charge in [0.05, 0.1) is 12.7 Å². The first-order valence-electron chi connectivity index (χ1n) is 6.68. The van der Waals surface area contributed by atoms with Crippen LogP contribution in [0.15, 0.2) is 57.7 Å². The molecule has 2 aromatic carbocycles. The van der Waals surface area contributed by atoms with Crippen molar-refractivity contribution in [2.24, 2.45) is 0 Å². The molecule has 0 amide bonds. The first-order valence-corrected chi connectivity index (χ1v) is 6.68. The van der Waals surface area contributed by atoms with E-state index >= 15 is 0 Å². The van der Waals surface area contributed by atoms with Crippen molar-refractivity contribution >= 4 is 11.0 Å². The topological polar surface area (TPSA) is 39.4 Å². The summed E-state index contributed by atoms with van der Waals surface area (Å²) in [6.07, 6.45) is -4.45. The highest BCUT2D eigenvalue weighted by Crippen LogP contribution is 2.34. The average Bonchev–Trinajstić information content (AvgIpc) is 2.52. The van der Waals surface area contributed by atoms with Crippen LogP contribution >= 0.6 is 0 Å². The van der Waals surface area contributed by atoms with Crippen molar-refractivity contribution in [3.8, 4) is 16.9 Å². The molecule has 0 spiro atoms. The fourth-order valence-electron chi connectivity index (χ4n) is 2.37. The highest BCUT2D eigenvalue weighted by Gasteiger charge is 2.30.